The molecule has 4 heterocycles. The van der Waals surface area contributed by atoms with Crippen molar-refractivity contribution in [3.63, 3.8) is 0 Å². The van der Waals surface area contributed by atoms with Gasteiger partial charge in [0.1, 0.15) is 6.33 Å². The van der Waals surface area contributed by atoms with Crippen LogP contribution in [0.2, 0.25) is 0 Å². The number of rotatable bonds is 5. The summed E-state index contributed by atoms with van der Waals surface area (Å²) in [4.78, 5) is 21.1. The van der Waals surface area contributed by atoms with Crippen molar-refractivity contribution in [1.82, 2.24) is 24.5 Å². The summed E-state index contributed by atoms with van der Waals surface area (Å²) in [5.74, 6) is 0.0836. The largest absolute Gasteiger partial charge is 0.480 e. The van der Waals surface area contributed by atoms with E-state index in [2.05, 4.69) is 60.1 Å². The molecule has 1 saturated heterocycles. The number of hydrogen-bond donors (Lipinski definition) is 2. The summed E-state index contributed by atoms with van der Waals surface area (Å²) in [6, 6.07) is 8.96. The molecule has 1 aliphatic rings. The average Bonchev–Trinajstić information content (AvgIpc) is 3.38. The topological polar surface area (TPSA) is 86.5 Å². The van der Waals surface area contributed by atoms with Gasteiger partial charge in [-0.1, -0.05) is 19.9 Å². The highest BCUT2D eigenvalue weighted by Crippen LogP contribution is 2.38. The third-order valence-corrected chi connectivity index (χ3v) is 6.71. The fourth-order valence-electron chi connectivity index (χ4n) is 5.16. The SMILES string of the molecule is Cc1cc(-c2[nH]c3ccc(C4CCN(CC(=O)O)CC4)cc3c2C(C)C)cn2ncnc12. The lowest BCUT2D eigenvalue weighted by atomic mass is 9.87. The zero-order valence-electron chi connectivity index (χ0n) is 18.8. The van der Waals surface area contributed by atoms with Crippen LogP contribution in [0, 0.1) is 6.92 Å². The van der Waals surface area contributed by atoms with Crippen LogP contribution in [0.4, 0.5) is 0 Å². The van der Waals surface area contributed by atoms with Crippen LogP contribution in [0.25, 0.3) is 27.8 Å². The molecule has 0 atom stereocenters. The first-order chi connectivity index (χ1) is 15.4. The predicted octanol–water partition coefficient (Wildman–Crippen LogP) is 4.57. The summed E-state index contributed by atoms with van der Waals surface area (Å²) >= 11 is 0. The van der Waals surface area contributed by atoms with Gasteiger partial charge in [-0.25, -0.2) is 9.50 Å². The first-order valence-electron chi connectivity index (χ1n) is 11.3. The van der Waals surface area contributed by atoms with E-state index in [1.54, 1.807) is 6.33 Å². The average molecular weight is 432 g/mol. The van der Waals surface area contributed by atoms with Crippen LogP contribution in [-0.2, 0) is 4.79 Å². The number of fused-ring (bicyclic) bond motifs is 2. The maximum absolute atomic E-state index is 11.0. The van der Waals surface area contributed by atoms with Crippen molar-refractivity contribution in [3.8, 4) is 11.3 Å². The maximum Gasteiger partial charge on any atom is 0.317 e. The van der Waals surface area contributed by atoms with E-state index < -0.39 is 5.97 Å². The molecule has 32 heavy (non-hydrogen) atoms. The highest BCUT2D eigenvalue weighted by Gasteiger charge is 2.24. The number of likely N-dealkylation sites (tertiary alicyclic amines) is 1. The summed E-state index contributed by atoms with van der Waals surface area (Å²) in [6.07, 6.45) is 5.63. The first-order valence-corrected chi connectivity index (χ1v) is 11.3. The Balaban J connectivity index is 1.52. The second-order valence-electron chi connectivity index (χ2n) is 9.26. The molecule has 4 aromatic rings. The number of carbonyl (C=O) groups is 1. The van der Waals surface area contributed by atoms with Gasteiger partial charge in [0.15, 0.2) is 5.65 Å². The van der Waals surface area contributed by atoms with Gasteiger partial charge in [-0.05, 0) is 79.6 Å². The van der Waals surface area contributed by atoms with Crippen molar-refractivity contribution in [3.05, 3.63) is 53.5 Å². The van der Waals surface area contributed by atoms with Crippen molar-refractivity contribution in [1.29, 1.82) is 0 Å². The van der Waals surface area contributed by atoms with Crippen molar-refractivity contribution < 1.29 is 9.90 Å². The summed E-state index contributed by atoms with van der Waals surface area (Å²) in [5.41, 5.74) is 8.06. The Labute approximate surface area is 187 Å². The molecule has 1 fully saturated rings. The van der Waals surface area contributed by atoms with Gasteiger partial charge in [-0.3, -0.25) is 9.69 Å². The Morgan fingerprint density at radius 3 is 2.75 bits per heavy atom. The number of hydrogen-bond acceptors (Lipinski definition) is 4. The molecular weight excluding hydrogens is 402 g/mol. The zero-order valence-corrected chi connectivity index (χ0v) is 18.8. The van der Waals surface area contributed by atoms with Gasteiger partial charge >= 0.3 is 5.97 Å². The number of aromatic amines is 1. The Morgan fingerprint density at radius 2 is 2.03 bits per heavy atom. The lowest BCUT2D eigenvalue weighted by molar-refractivity contribution is -0.138. The Morgan fingerprint density at radius 1 is 1.25 bits per heavy atom. The maximum atomic E-state index is 11.0. The third kappa shape index (κ3) is 3.66. The fraction of sp³-hybridized carbons (Fsp3) is 0.400. The van der Waals surface area contributed by atoms with E-state index in [0.717, 1.165) is 53.9 Å². The number of pyridine rings is 1. The van der Waals surface area contributed by atoms with Crippen molar-refractivity contribution in [2.45, 2.75) is 45.4 Å². The Hall–Kier alpha value is -3.19. The molecule has 0 spiro atoms. The molecule has 166 valence electrons. The van der Waals surface area contributed by atoms with Crippen LogP contribution in [0.1, 0.15) is 55.2 Å². The zero-order chi connectivity index (χ0) is 22.4. The van der Waals surface area contributed by atoms with E-state index in [0.29, 0.717) is 11.8 Å². The van der Waals surface area contributed by atoms with Gasteiger partial charge in [0, 0.05) is 22.7 Å². The Bertz CT molecular complexity index is 1290. The van der Waals surface area contributed by atoms with E-state index in [-0.39, 0.29) is 6.54 Å². The minimum atomic E-state index is -0.745. The number of aromatic nitrogens is 4. The molecule has 0 saturated carbocycles. The van der Waals surface area contributed by atoms with Crippen LogP contribution < -0.4 is 0 Å². The molecule has 1 aromatic carbocycles. The lowest BCUT2D eigenvalue weighted by Crippen LogP contribution is -2.36. The summed E-state index contributed by atoms with van der Waals surface area (Å²) in [5, 5.41) is 14.7. The van der Waals surface area contributed by atoms with Gasteiger partial charge in [-0.15, -0.1) is 0 Å². The van der Waals surface area contributed by atoms with Crippen LogP contribution in [0.15, 0.2) is 36.8 Å². The molecule has 7 nitrogen and oxygen atoms in total. The second-order valence-corrected chi connectivity index (χ2v) is 9.26. The highest BCUT2D eigenvalue weighted by molar-refractivity contribution is 5.92. The standard InChI is InChI=1S/C25H29N5O2/c1-15(2)23-20-11-18(17-6-8-29(9-7-17)13-22(31)32)4-5-21(20)28-24(23)19-10-16(3)25-26-14-27-30(25)12-19/h4-5,10-12,14-15,17,28H,6-9,13H2,1-3H3,(H,31,32). The minimum absolute atomic E-state index is 0.139. The quantitative estimate of drug-likeness (QED) is 0.483. The van der Waals surface area contributed by atoms with E-state index >= 15 is 0 Å². The number of H-pyrrole nitrogens is 1. The molecule has 0 radical (unpaired) electrons. The number of aryl methyl sites for hydroxylation is 1. The summed E-state index contributed by atoms with van der Waals surface area (Å²) in [6.45, 7) is 8.36. The van der Waals surface area contributed by atoms with Crippen LogP contribution >= 0.6 is 0 Å². The number of nitrogens with zero attached hydrogens (tertiary/aromatic N) is 4. The number of carboxylic acid groups (broad SMARTS) is 1. The van der Waals surface area contributed by atoms with Crippen LogP contribution in [0.3, 0.4) is 0 Å². The van der Waals surface area contributed by atoms with E-state index in [9.17, 15) is 4.79 Å². The monoisotopic (exact) mass is 431 g/mol. The number of aliphatic carboxylic acids is 1. The van der Waals surface area contributed by atoms with Gasteiger partial charge in [0.2, 0.25) is 0 Å². The number of piperidine rings is 1. The molecular formula is C25H29N5O2. The van der Waals surface area contributed by atoms with Crippen molar-refractivity contribution >= 4 is 22.5 Å². The number of benzene rings is 1. The predicted molar refractivity (Wildman–Crippen MR) is 125 cm³/mol. The van der Waals surface area contributed by atoms with Crippen LogP contribution in [0.5, 0.6) is 0 Å². The summed E-state index contributed by atoms with van der Waals surface area (Å²) in [7, 11) is 0. The molecule has 1 aliphatic heterocycles. The van der Waals surface area contributed by atoms with Gasteiger partial charge in [0.25, 0.3) is 0 Å². The molecule has 0 amide bonds. The molecule has 0 aliphatic carbocycles. The van der Waals surface area contributed by atoms with Crippen molar-refractivity contribution in [2.75, 3.05) is 19.6 Å². The fourth-order valence-corrected chi connectivity index (χ4v) is 5.16. The Kier molecular flexibility index (Phi) is 5.21. The van der Waals surface area contributed by atoms with Crippen molar-refractivity contribution in [2.24, 2.45) is 0 Å². The van der Waals surface area contributed by atoms with Gasteiger partial charge in [-0.2, -0.15) is 5.10 Å². The molecule has 0 bridgehead atoms. The molecule has 2 N–H and O–H groups in total. The van der Waals surface area contributed by atoms with Gasteiger partial charge < -0.3 is 10.1 Å². The molecule has 7 heteroatoms. The minimum Gasteiger partial charge on any atom is -0.480 e. The van der Waals surface area contributed by atoms with Crippen LogP contribution in [-0.4, -0.2) is 55.2 Å². The molecule has 0 unspecified atom stereocenters. The third-order valence-electron chi connectivity index (χ3n) is 6.71. The number of carboxylic acids is 1. The summed E-state index contributed by atoms with van der Waals surface area (Å²) < 4.78 is 1.84. The normalized spacial score (nSPS) is 15.9. The lowest BCUT2D eigenvalue weighted by Gasteiger charge is -2.31. The van der Waals surface area contributed by atoms with E-state index in [1.165, 1.54) is 16.5 Å². The first kappa shape index (κ1) is 20.7. The van der Waals surface area contributed by atoms with E-state index in [4.69, 9.17) is 5.11 Å². The molecule has 5 rings (SSSR count). The highest BCUT2D eigenvalue weighted by atomic mass is 16.4. The van der Waals surface area contributed by atoms with E-state index in [1.807, 2.05) is 15.6 Å². The smallest absolute Gasteiger partial charge is 0.317 e. The second kappa shape index (κ2) is 8.06. The molecule has 3 aromatic heterocycles. The van der Waals surface area contributed by atoms with Gasteiger partial charge in [0.05, 0.1) is 12.2 Å². The number of nitrogens with one attached hydrogen (secondary N) is 1.